The molecule has 36 heavy (non-hydrogen) atoms. The number of likely N-dealkylation sites (N-methyl/N-ethyl adjacent to an activating group) is 1. The van der Waals surface area contributed by atoms with Gasteiger partial charge in [0.2, 0.25) is 5.95 Å². The Balaban J connectivity index is 1.25. The molecule has 6 rings (SSSR count). The van der Waals surface area contributed by atoms with Crippen LogP contribution in [0, 0.1) is 18.3 Å². The summed E-state index contributed by atoms with van der Waals surface area (Å²) in [5.74, 6) is 2.89. The van der Waals surface area contributed by atoms with E-state index in [9.17, 15) is 0 Å². The molecule has 0 saturated carbocycles. The summed E-state index contributed by atoms with van der Waals surface area (Å²) in [7, 11) is 2.10. The first-order valence-electron chi connectivity index (χ1n) is 12.9. The van der Waals surface area contributed by atoms with Gasteiger partial charge in [0.25, 0.3) is 0 Å². The number of nitrogens with zero attached hydrogens (tertiary/aromatic N) is 6. The van der Waals surface area contributed by atoms with Gasteiger partial charge in [0.15, 0.2) is 5.82 Å². The number of aromatic amines is 1. The number of nitrogens with one attached hydrogen (secondary N) is 3. The van der Waals surface area contributed by atoms with Gasteiger partial charge < -0.3 is 15.4 Å². The minimum atomic E-state index is 0.221. The van der Waals surface area contributed by atoms with Crippen molar-refractivity contribution in [3.8, 4) is 11.8 Å². The van der Waals surface area contributed by atoms with Gasteiger partial charge in [-0.15, -0.1) is 0 Å². The van der Waals surface area contributed by atoms with Crippen molar-refractivity contribution in [1.82, 2.24) is 30.0 Å². The molecule has 2 bridgehead atoms. The molecule has 3 aromatic rings. The molecule has 1 aromatic carbocycles. The van der Waals surface area contributed by atoms with Gasteiger partial charge in [-0.25, -0.2) is 4.98 Å². The molecule has 3 atom stereocenters. The molecule has 0 radical (unpaired) electrons. The number of ether oxygens (including phenoxy) is 1. The van der Waals surface area contributed by atoms with Crippen LogP contribution >= 0.6 is 0 Å². The lowest BCUT2D eigenvalue weighted by Gasteiger charge is -2.38. The molecule has 10 nitrogen and oxygen atoms in total. The zero-order valence-electron chi connectivity index (χ0n) is 20.9. The number of fused-ring (bicyclic) bond motifs is 3. The zero-order valence-corrected chi connectivity index (χ0v) is 20.9. The number of piperidine rings is 1. The van der Waals surface area contributed by atoms with Crippen molar-refractivity contribution in [2.45, 2.75) is 63.3 Å². The average molecular weight is 488 g/mol. The van der Waals surface area contributed by atoms with E-state index in [4.69, 9.17) is 20.0 Å². The highest BCUT2D eigenvalue weighted by molar-refractivity contribution is 5.92. The number of anilines is 3. The van der Waals surface area contributed by atoms with Crippen LogP contribution in [0.25, 0.3) is 10.9 Å². The number of aryl methyl sites for hydroxylation is 1. The summed E-state index contributed by atoms with van der Waals surface area (Å²) < 4.78 is 6.17. The minimum Gasteiger partial charge on any atom is -0.488 e. The van der Waals surface area contributed by atoms with Crippen LogP contribution < -0.4 is 15.4 Å². The number of rotatable bonds is 8. The van der Waals surface area contributed by atoms with Crippen molar-refractivity contribution in [3.05, 3.63) is 30.0 Å². The Kier molecular flexibility index (Phi) is 6.11. The number of H-pyrrole nitrogens is 1. The van der Waals surface area contributed by atoms with Crippen LogP contribution in [-0.4, -0.2) is 80.9 Å². The summed E-state index contributed by atoms with van der Waals surface area (Å²) in [6.07, 6.45) is 5.32. The number of likely N-dealkylation sites (tertiary alicyclic amines) is 1. The van der Waals surface area contributed by atoms with Crippen LogP contribution in [0.1, 0.15) is 37.8 Å². The molecule has 188 valence electrons. The molecule has 2 aromatic heterocycles. The maximum Gasteiger partial charge on any atom is 0.225 e. The molecule has 0 aliphatic carbocycles. The molecule has 0 unspecified atom stereocenters. The van der Waals surface area contributed by atoms with E-state index in [-0.39, 0.29) is 6.10 Å². The molecule has 0 amide bonds. The molecule has 3 fully saturated rings. The van der Waals surface area contributed by atoms with Gasteiger partial charge >= 0.3 is 0 Å². The lowest BCUT2D eigenvalue weighted by atomic mass is 9.97. The second-order valence-corrected chi connectivity index (χ2v) is 10.4. The zero-order chi connectivity index (χ0) is 24.6. The van der Waals surface area contributed by atoms with Crippen molar-refractivity contribution in [2.75, 3.05) is 37.3 Å². The molecular formula is C26H33N9O. The first-order valence-corrected chi connectivity index (χ1v) is 12.9. The highest BCUT2D eigenvalue weighted by Crippen LogP contribution is 2.37. The summed E-state index contributed by atoms with van der Waals surface area (Å²) in [5.41, 5.74) is 1.82. The van der Waals surface area contributed by atoms with Crippen molar-refractivity contribution in [1.29, 1.82) is 5.26 Å². The Morgan fingerprint density at radius 2 is 1.97 bits per heavy atom. The fraction of sp³-hybridized carbons (Fsp3) is 0.538. The monoisotopic (exact) mass is 487 g/mol. The van der Waals surface area contributed by atoms with Gasteiger partial charge in [-0.05, 0) is 51.8 Å². The van der Waals surface area contributed by atoms with E-state index in [2.05, 4.69) is 43.7 Å². The topological polar surface area (TPSA) is 118 Å². The van der Waals surface area contributed by atoms with E-state index in [1.54, 1.807) is 0 Å². The number of nitriles is 1. The minimum absolute atomic E-state index is 0.221. The second-order valence-electron chi connectivity index (χ2n) is 10.4. The van der Waals surface area contributed by atoms with Gasteiger partial charge in [-0.1, -0.05) is 0 Å². The van der Waals surface area contributed by atoms with E-state index < -0.39 is 0 Å². The third-order valence-electron chi connectivity index (χ3n) is 7.65. The SMILES string of the molecule is Cc1cc(Nc2nc(N[C@@H]3C[C@H]4CC[C@@H](C3)N4CCC#N)nc3cc(OC4CN(C)C4)ccc23)n[nH]1. The Morgan fingerprint density at radius 1 is 1.17 bits per heavy atom. The van der Waals surface area contributed by atoms with Gasteiger partial charge in [-0.2, -0.15) is 15.3 Å². The molecule has 3 aliphatic rings. The van der Waals surface area contributed by atoms with Crippen LogP contribution in [0.4, 0.5) is 17.6 Å². The Morgan fingerprint density at radius 3 is 2.67 bits per heavy atom. The van der Waals surface area contributed by atoms with Crippen molar-refractivity contribution in [2.24, 2.45) is 0 Å². The summed E-state index contributed by atoms with van der Waals surface area (Å²) >= 11 is 0. The first kappa shape index (κ1) is 23.0. The highest BCUT2D eigenvalue weighted by atomic mass is 16.5. The molecular weight excluding hydrogens is 454 g/mol. The molecule has 3 N–H and O–H groups in total. The third kappa shape index (κ3) is 4.68. The molecule has 3 saturated heterocycles. The van der Waals surface area contributed by atoms with Gasteiger partial charge in [-0.3, -0.25) is 14.9 Å². The van der Waals surface area contributed by atoms with Gasteiger partial charge in [0.1, 0.15) is 17.7 Å². The Labute approximate surface area is 211 Å². The fourth-order valence-corrected chi connectivity index (χ4v) is 5.97. The van der Waals surface area contributed by atoms with Crippen LogP contribution in [0.15, 0.2) is 24.3 Å². The molecule has 5 heterocycles. The van der Waals surface area contributed by atoms with E-state index in [1.165, 1.54) is 12.8 Å². The van der Waals surface area contributed by atoms with E-state index in [0.717, 1.165) is 66.5 Å². The maximum atomic E-state index is 9.02. The smallest absolute Gasteiger partial charge is 0.225 e. The first-order chi connectivity index (χ1) is 17.5. The van der Waals surface area contributed by atoms with Crippen molar-refractivity contribution >= 4 is 28.5 Å². The highest BCUT2D eigenvalue weighted by Gasteiger charge is 2.40. The third-order valence-corrected chi connectivity index (χ3v) is 7.65. The predicted molar refractivity (Wildman–Crippen MR) is 138 cm³/mol. The number of aromatic nitrogens is 4. The standard InChI is InChI=1S/C26H33N9O/c1-16-10-24(33-32-16)30-25-22-7-6-20(36-21-14-34(2)15-21)13-23(22)29-26(31-25)28-17-11-18-4-5-19(12-17)35(18)9-3-8-27/h6-7,10,13,17-19,21H,3-5,9,11-12,14-15H2,1-2H3,(H3,28,29,30,31,32,33)/t17-,18-,19+. The summed E-state index contributed by atoms with van der Waals surface area (Å²) in [5, 5.41) is 24.3. The largest absolute Gasteiger partial charge is 0.488 e. The number of benzene rings is 1. The fourth-order valence-electron chi connectivity index (χ4n) is 5.97. The normalized spacial score (nSPS) is 24.4. The van der Waals surface area contributed by atoms with Gasteiger partial charge in [0.05, 0.1) is 11.6 Å². The van der Waals surface area contributed by atoms with Crippen LogP contribution in [0.2, 0.25) is 0 Å². The lowest BCUT2D eigenvalue weighted by Crippen LogP contribution is -2.51. The van der Waals surface area contributed by atoms with Gasteiger partial charge in [0, 0.05) is 67.4 Å². The van der Waals surface area contributed by atoms with E-state index >= 15 is 0 Å². The Bertz CT molecular complexity index is 1260. The predicted octanol–water partition coefficient (Wildman–Crippen LogP) is 3.42. The average Bonchev–Trinajstić information content (AvgIpc) is 3.35. The summed E-state index contributed by atoms with van der Waals surface area (Å²) in [4.78, 5) is 14.6. The number of hydrogen-bond acceptors (Lipinski definition) is 9. The van der Waals surface area contributed by atoms with E-state index in [0.29, 0.717) is 30.5 Å². The molecule has 10 heteroatoms. The van der Waals surface area contributed by atoms with Crippen LogP contribution in [0.5, 0.6) is 5.75 Å². The van der Waals surface area contributed by atoms with Crippen molar-refractivity contribution in [3.63, 3.8) is 0 Å². The Hall–Kier alpha value is -3.42. The maximum absolute atomic E-state index is 9.02. The summed E-state index contributed by atoms with van der Waals surface area (Å²) in [6, 6.07) is 11.6. The molecule has 0 spiro atoms. The van der Waals surface area contributed by atoms with Crippen LogP contribution in [0.3, 0.4) is 0 Å². The quantitative estimate of drug-likeness (QED) is 0.439. The number of hydrogen-bond donors (Lipinski definition) is 3. The van der Waals surface area contributed by atoms with Crippen LogP contribution in [-0.2, 0) is 0 Å². The second kappa shape index (κ2) is 9.56. The summed E-state index contributed by atoms with van der Waals surface area (Å²) in [6.45, 7) is 4.73. The molecule has 3 aliphatic heterocycles. The van der Waals surface area contributed by atoms with E-state index in [1.807, 2.05) is 31.2 Å². The lowest BCUT2D eigenvalue weighted by molar-refractivity contribution is 0.0389. The van der Waals surface area contributed by atoms with Crippen molar-refractivity contribution < 1.29 is 4.74 Å².